The first kappa shape index (κ1) is 33.4. The lowest BCUT2D eigenvalue weighted by atomic mass is 9.97. The fourth-order valence-electron chi connectivity index (χ4n) is 4.75. The molecule has 242 valence electrons. The molecule has 2 aromatic carbocycles. The Kier molecular flexibility index (Phi) is 11.0. The van der Waals surface area contributed by atoms with Gasteiger partial charge in [-0.2, -0.15) is 0 Å². The van der Waals surface area contributed by atoms with E-state index in [1.807, 2.05) is 0 Å². The molecule has 10 unspecified atom stereocenters. The van der Waals surface area contributed by atoms with Crippen LogP contribution in [0.3, 0.4) is 0 Å². The van der Waals surface area contributed by atoms with Crippen molar-refractivity contribution in [3.63, 3.8) is 0 Å². The van der Waals surface area contributed by atoms with Gasteiger partial charge in [0.2, 0.25) is 0 Å². The number of aliphatic hydroxyl groups excluding tert-OH is 5. The SMILES string of the molecule is CC1OC(OC2C(OCCc3ccc(O)c(O)c3)OC(CO)C(OC(=O)C=Cc3ccc(O)c(O)c3)C2O)C(O)C(O)C1O. The van der Waals surface area contributed by atoms with Crippen molar-refractivity contribution in [3.05, 3.63) is 53.6 Å². The van der Waals surface area contributed by atoms with Crippen LogP contribution in [0.25, 0.3) is 6.08 Å². The number of benzene rings is 2. The quantitative estimate of drug-likeness (QED) is 0.0873. The highest BCUT2D eigenvalue weighted by Gasteiger charge is 2.52. The van der Waals surface area contributed by atoms with Crippen molar-refractivity contribution < 1.29 is 74.4 Å². The van der Waals surface area contributed by atoms with Crippen LogP contribution >= 0.6 is 0 Å². The highest BCUT2D eigenvalue weighted by Crippen LogP contribution is 2.32. The summed E-state index contributed by atoms with van der Waals surface area (Å²) in [6, 6.07) is 7.99. The van der Waals surface area contributed by atoms with Gasteiger partial charge < -0.3 is 69.6 Å². The van der Waals surface area contributed by atoms with E-state index in [1.54, 1.807) is 6.07 Å². The van der Waals surface area contributed by atoms with Crippen molar-refractivity contribution in [3.8, 4) is 23.0 Å². The molecule has 44 heavy (non-hydrogen) atoms. The minimum absolute atomic E-state index is 0.0852. The third-order valence-electron chi connectivity index (χ3n) is 7.27. The molecule has 0 saturated carbocycles. The summed E-state index contributed by atoms with van der Waals surface area (Å²) in [5, 5.41) is 90.5. The van der Waals surface area contributed by atoms with Crippen LogP contribution in [0.1, 0.15) is 18.1 Å². The summed E-state index contributed by atoms with van der Waals surface area (Å²) < 4.78 is 28.3. The molecule has 0 spiro atoms. The summed E-state index contributed by atoms with van der Waals surface area (Å²) in [6.07, 6.45) is -12.5. The summed E-state index contributed by atoms with van der Waals surface area (Å²) in [5.41, 5.74) is 0.914. The highest BCUT2D eigenvalue weighted by molar-refractivity contribution is 5.87. The Balaban J connectivity index is 1.51. The molecule has 0 radical (unpaired) electrons. The maximum absolute atomic E-state index is 12.7. The van der Waals surface area contributed by atoms with Gasteiger partial charge in [0.25, 0.3) is 0 Å². The van der Waals surface area contributed by atoms with Gasteiger partial charge in [-0.05, 0) is 54.8 Å². The number of esters is 1. The minimum atomic E-state index is -1.75. The Labute approximate surface area is 251 Å². The van der Waals surface area contributed by atoms with Gasteiger partial charge in [-0.25, -0.2) is 4.79 Å². The number of aliphatic hydroxyl groups is 5. The van der Waals surface area contributed by atoms with Crippen LogP contribution in [0, 0.1) is 0 Å². The first-order chi connectivity index (χ1) is 20.9. The summed E-state index contributed by atoms with van der Waals surface area (Å²) in [4.78, 5) is 12.7. The number of aromatic hydroxyl groups is 4. The molecule has 9 N–H and O–H groups in total. The molecule has 0 bridgehead atoms. The normalized spacial score (nSPS) is 32.5. The molecular formula is C29H36O15. The van der Waals surface area contributed by atoms with Crippen LogP contribution in [-0.2, 0) is 34.9 Å². The largest absolute Gasteiger partial charge is 0.504 e. The predicted octanol–water partition coefficient (Wildman–Crippen LogP) is -1.02. The van der Waals surface area contributed by atoms with Crippen molar-refractivity contribution in [1.82, 2.24) is 0 Å². The molecule has 4 rings (SSSR count). The molecule has 2 fully saturated rings. The van der Waals surface area contributed by atoms with Crippen LogP contribution in [0.15, 0.2) is 42.5 Å². The summed E-state index contributed by atoms with van der Waals surface area (Å²) in [7, 11) is 0. The molecular weight excluding hydrogens is 588 g/mol. The Bertz CT molecular complexity index is 1300. The zero-order valence-corrected chi connectivity index (χ0v) is 23.5. The average Bonchev–Trinajstić information content (AvgIpc) is 2.99. The van der Waals surface area contributed by atoms with Gasteiger partial charge in [0.1, 0.15) is 36.6 Å². The molecule has 15 nitrogen and oxygen atoms in total. The zero-order valence-electron chi connectivity index (χ0n) is 23.5. The molecule has 2 aliphatic rings. The minimum Gasteiger partial charge on any atom is -0.504 e. The number of phenolic OH excluding ortho intramolecular Hbond substituents is 4. The third-order valence-corrected chi connectivity index (χ3v) is 7.27. The van der Waals surface area contributed by atoms with Gasteiger partial charge >= 0.3 is 5.97 Å². The third kappa shape index (κ3) is 7.76. The van der Waals surface area contributed by atoms with Gasteiger partial charge in [-0.15, -0.1) is 0 Å². The molecule has 0 aromatic heterocycles. The Hall–Kier alpha value is -3.51. The van der Waals surface area contributed by atoms with E-state index in [9.17, 15) is 50.8 Å². The molecule has 2 saturated heterocycles. The van der Waals surface area contributed by atoms with Crippen molar-refractivity contribution in [2.45, 2.75) is 74.8 Å². The second-order valence-electron chi connectivity index (χ2n) is 10.4. The lowest BCUT2D eigenvalue weighted by Gasteiger charge is -2.46. The van der Waals surface area contributed by atoms with Crippen molar-refractivity contribution in [2.75, 3.05) is 13.2 Å². The van der Waals surface area contributed by atoms with Crippen LogP contribution in [0.2, 0.25) is 0 Å². The number of hydrogen-bond donors (Lipinski definition) is 9. The molecule has 0 amide bonds. The molecule has 10 atom stereocenters. The van der Waals surface area contributed by atoms with Gasteiger partial charge in [-0.3, -0.25) is 0 Å². The number of carbonyl (C=O) groups excluding carboxylic acids is 1. The molecule has 2 aliphatic heterocycles. The van der Waals surface area contributed by atoms with Crippen molar-refractivity contribution in [2.24, 2.45) is 0 Å². The van der Waals surface area contributed by atoms with Crippen LogP contribution < -0.4 is 0 Å². The van der Waals surface area contributed by atoms with Crippen LogP contribution in [-0.4, -0.2) is 127 Å². The standard InChI is InChI=1S/C29H36O15/c1-13-22(36)23(37)24(38)28(41-13)44-27-25(39)26(43-21(35)7-4-14-2-5-16(31)18(33)10-14)20(12-30)42-29(27)40-9-8-15-3-6-17(32)19(34)11-15/h2-7,10-11,13,20,22-34,36-39H,8-9,12H2,1H3. The first-order valence-electron chi connectivity index (χ1n) is 13.7. The second-order valence-corrected chi connectivity index (χ2v) is 10.4. The number of phenols is 4. The maximum atomic E-state index is 12.7. The van der Waals surface area contributed by atoms with Crippen LogP contribution in [0.4, 0.5) is 0 Å². The number of rotatable bonds is 10. The summed E-state index contributed by atoms with van der Waals surface area (Å²) in [5.74, 6) is -2.39. The summed E-state index contributed by atoms with van der Waals surface area (Å²) in [6.45, 7) is 0.614. The number of carbonyl (C=O) groups is 1. The monoisotopic (exact) mass is 624 g/mol. The molecule has 0 aliphatic carbocycles. The van der Waals surface area contributed by atoms with E-state index >= 15 is 0 Å². The van der Waals surface area contributed by atoms with Crippen molar-refractivity contribution >= 4 is 12.0 Å². The predicted molar refractivity (Wildman–Crippen MR) is 147 cm³/mol. The Morgan fingerprint density at radius 1 is 0.818 bits per heavy atom. The van der Waals surface area contributed by atoms with Crippen molar-refractivity contribution in [1.29, 1.82) is 0 Å². The van der Waals surface area contributed by atoms with Crippen LogP contribution in [0.5, 0.6) is 23.0 Å². The van der Waals surface area contributed by atoms with Gasteiger partial charge in [0.15, 0.2) is 41.7 Å². The van der Waals surface area contributed by atoms with E-state index in [2.05, 4.69) is 0 Å². The fourth-order valence-corrected chi connectivity index (χ4v) is 4.75. The van der Waals surface area contributed by atoms with Gasteiger partial charge in [0.05, 0.1) is 19.3 Å². The van der Waals surface area contributed by atoms with Gasteiger partial charge in [-0.1, -0.05) is 12.1 Å². The molecule has 2 heterocycles. The number of ether oxygens (including phenoxy) is 5. The highest BCUT2D eigenvalue weighted by atomic mass is 16.8. The topological polar surface area (TPSA) is 245 Å². The van der Waals surface area contributed by atoms with E-state index in [0.717, 1.165) is 6.08 Å². The van der Waals surface area contributed by atoms with E-state index in [4.69, 9.17) is 23.7 Å². The van der Waals surface area contributed by atoms with E-state index in [0.29, 0.717) is 11.1 Å². The zero-order chi connectivity index (χ0) is 32.1. The van der Waals surface area contributed by atoms with E-state index in [-0.39, 0.29) is 30.3 Å². The maximum Gasteiger partial charge on any atom is 0.331 e. The lowest BCUT2D eigenvalue weighted by molar-refractivity contribution is -0.364. The second kappa shape index (κ2) is 14.5. The van der Waals surface area contributed by atoms with E-state index in [1.165, 1.54) is 43.3 Å². The first-order valence-corrected chi connectivity index (χ1v) is 13.7. The Morgan fingerprint density at radius 3 is 2.16 bits per heavy atom. The lowest BCUT2D eigenvalue weighted by Crippen LogP contribution is -2.64. The average molecular weight is 625 g/mol. The fraction of sp³-hybridized carbons (Fsp3) is 0.483. The molecule has 15 heteroatoms. The molecule has 2 aromatic rings. The van der Waals surface area contributed by atoms with E-state index < -0.39 is 79.7 Å². The summed E-state index contributed by atoms with van der Waals surface area (Å²) >= 11 is 0. The smallest absolute Gasteiger partial charge is 0.331 e. The van der Waals surface area contributed by atoms with Gasteiger partial charge in [0, 0.05) is 6.08 Å². The Morgan fingerprint density at radius 2 is 1.50 bits per heavy atom. The number of hydrogen-bond acceptors (Lipinski definition) is 15.